The summed E-state index contributed by atoms with van der Waals surface area (Å²) in [4.78, 5) is 0. The van der Waals surface area contributed by atoms with Crippen LogP contribution < -0.4 is 18.9 Å². The highest BCUT2D eigenvalue weighted by molar-refractivity contribution is 5.51. The van der Waals surface area contributed by atoms with Crippen LogP contribution in [0.3, 0.4) is 0 Å². The lowest BCUT2D eigenvalue weighted by Crippen LogP contribution is -2.19. The minimum atomic E-state index is -0.643. The molecule has 0 saturated heterocycles. The highest BCUT2D eigenvalue weighted by atomic mass is 16.7. The van der Waals surface area contributed by atoms with E-state index in [1.807, 2.05) is 31.2 Å². The van der Waals surface area contributed by atoms with Gasteiger partial charge in [0.1, 0.15) is 5.75 Å². The summed E-state index contributed by atoms with van der Waals surface area (Å²) in [5.41, 5.74) is 1.58. The van der Waals surface area contributed by atoms with E-state index in [1.165, 1.54) is 0 Å². The van der Waals surface area contributed by atoms with Crippen LogP contribution in [0.1, 0.15) is 31.1 Å². The molecule has 6 heteroatoms. The number of ether oxygens (including phenoxy) is 4. The maximum absolute atomic E-state index is 10.8. The van der Waals surface area contributed by atoms with Crippen molar-refractivity contribution in [3.8, 4) is 28.7 Å². The number of aromatic hydroxyl groups is 1. The molecule has 4 rings (SSSR count). The molecule has 3 atom stereocenters. The molecule has 0 fully saturated rings. The molecule has 2 heterocycles. The van der Waals surface area contributed by atoms with E-state index in [-0.39, 0.29) is 31.2 Å². The Morgan fingerprint density at radius 3 is 2.23 bits per heavy atom. The summed E-state index contributed by atoms with van der Waals surface area (Å²) in [5, 5.41) is 21.0. The minimum absolute atomic E-state index is 0.0276. The van der Waals surface area contributed by atoms with Crippen LogP contribution in [0.15, 0.2) is 30.3 Å². The molecule has 0 bridgehead atoms. The van der Waals surface area contributed by atoms with Gasteiger partial charge < -0.3 is 29.2 Å². The first-order valence-corrected chi connectivity index (χ1v) is 8.72. The van der Waals surface area contributed by atoms with E-state index in [9.17, 15) is 10.2 Å². The van der Waals surface area contributed by atoms with Crippen molar-refractivity contribution in [2.75, 3.05) is 13.6 Å². The van der Waals surface area contributed by atoms with Gasteiger partial charge in [-0.2, -0.15) is 0 Å². The van der Waals surface area contributed by atoms with Gasteiger partial charge in [0.25, 0.3) is 0 Å². The first-order valence-electron chi connectivity index (χ1n) is 8.72. The van der Waals surface area contributed by atoms with Crippen molar-refractivity contribution >= 4 is 0 Å². The Kier molecular flexibility index (Phi) is 4.28. The molecule has 0 unspecified atom stereocenters. The van der Waals surface area contributed by atoms with Gasteiger partial charge in [0.2, 0.25) is 13.6 Å². The number of aliphatic hydroxyl groups excluding tert-OH is 1. The smallest absolute Gasteiger partial charge is 0.231 e. The molecule has 26 heavy (non-hydrogen) atoms. The first-order chi connectivity index (χ1) is 12.5. The molecule has 2 aromatic carbocycles. The molecule has 0 aliphatic carbocycles. The number of phenols is 1. The third-order valence-electron chi connectivity index (χ3n) is 5.25. The van der Waals surface area contributed by atoms with Gasteiger partial charge in [-0.05, 0) is 47.6 Å². The highest BCUT2D eigenvalue weighted by Gasteiger charge is 2.26. The summed E-state index contributed by atoms with van der Waals surface area (Å²) < 4.78 is 21.4. The molecule has 2 aromatic rings. The lowest BCUT2D eigenvalue weighted by molar-refractivity contribution is 0.0867. The van der Waals surface area contributed by atoms with Crippen molar-refractivity contribution in [3.63, 3.8) is 0 Å². The third-order valence-corrected chi connectivity index (χ3v) is 5.25. The topological polar surface area (TPSA) is 77.4 Å². The molecule has 138 valence electrons. The summed E-state index contributed by atoms with van der Waals surface area (Å²) >= 11 is 0. The van der Waals surface area contributed by atoms with Crippen LogP contribution >= 0.6 is 0 Å². The van der Waals surface area contributed by atoms with Gasteiger partial charge in [-0.3, -0.25) is 0 Å². The van der Waals surface area contributed by atoms with Crippen LogP contribution in [0, 0.1) is 11.8 Å². The Balaban J connectivity index is 1.48. The van der Waals surface area contributed by atoms with E-state index in [2.05, 4.69) is 6.92 Å². The van der Waals surface area contributed by atoms with Crippen molar-refractivity contribution in [2.24, 2.45) is 11.8 Å². The summed E-state index contributed by atoms with van der Waals surface area (Å²) in [7, 11) is 0. The Morgan fingerprint density at radius 1 is 0.885 bits per heavy atom. The van der Waals surface area contributed by atoms with Crippen LogP contribution in [0.5, 0.6) is 28.7 Å². The average Bonchev–Trinajstić information content (AvgIpc) is 3.28. The fourth-order valence-corrected chi connectivity index (χ4v) is 3.38. The number of phenolic OH excluding ortho intramolecular Hbond substituents is 1. The van der Waals surface area contributed by atoms with Gasteiger partial charge in [0.05, 0.1) is 6.10 Å². The Hall–Kier alpha value is -2.60. The van der Waals surface area contributed by atoms with E-state index in [0.717, 1.165) is 11.1 Å². The fourth-order valence-electron chi connectivity index (χ4n) is 3.38. The van der Waals surface area contributed by atoms with Crippen LogP contribution in [-0.2, 0) is 6.42 Å². The van der Waals surface area contributed by atoms with Crippen molar-refractivity contribution in [1.29, 1.82) is 0 Å². The highest BCUT2D eigenvalue weighted by Crippen LogP contribution is 2.41. The zero-order valence-electron chi connectivity index (χ0n) is 14.8. The largest absolute Gasteiger partial charge is 0.508 e. The molecule has 0 spiro atoms. The Labute approximate surface area is 151 Å². The van der Waals surface area contributed by atoms with Crippen LogP contribution in [0.4, 0.5) is 0 Å². The van der Waals surface area contributed by atoms with Crippen molar-refractivity contribution in [3.05, 3.63) is 41.5 Å². The van der Waals surface area contributed by atoms with E-state index < -0.39 is 6.10 Å². The number of rotatable bonds is 5. The van der Waals surface area contributed by atoms with Crippen LogP contribution in [0.25, 0.3) is 0 Å². The SMILES string of the molecule is C[C@@H]([C@H](O)c1ccc2c(c1)OCO2)[C@@H](C)Cc1cc2c(cc1O)OCO2. The molecule has 0 aromatic heterocycles. The summed E-state index contributed by atoms with van der Waals surface area (Å²) in [5.74, 6) is 2.86. The standard InChI is InChI=1S/C20H22O6/c1-11(5-14-7-18-19(8-15(14)21)26-10-25-18)12(2)20(22)13-3-4-16-17(6-13)24-9-23-16/h3-4,6-8,11-12,20-22H,5,9-10H2,1-2H3/t11-,12+,20-/m0/s1. The van der Waals surface area contributed by atoms with Crippen molar-refractivity contribution in [2.45, 2.75) is 26.4 Å². The number of fused-ring (bicyclic) bond motifs is 2. The Bertz CT molecular complexity index is 818. The van der Waals surface area contributed by atoms with Crippen LogP contribution in [-0.4, -0.2) is 23.8 Å². The molecule has 6 nitrogen and oxygen atoms in total. The van der Waals surface area contributed by atoms with Gasteiger partial charge >= 0.3 is 0 Å². The second kappa shape index (κ2) is 6.61. The fraction of sp³-hybridized carbons (Fsp3) is 0.400. The summed E-state index contributed by atoms with van der Waals surface area (Å²) in [6.45, 7) is 4.45. The molecular formula is C20H22O6. The molecule has 2 N–H and O–H groups in total. The molecule has 0 radical (unpaired) electrons. The van der Waals surface area contributed by atoms with Gasteiger partial charge in [0, 0.05) is 6.07 Å². The monoisotopic (exact) mass is 358 g/mol. The third kappa shape index (κ3) is 3.01. The van der Waals surface area contributed by atoms with Gasteiger partial charge in [-0.25, -0.2) is 0 Å². The van der Waals surface area contributed by atoms with E-state index in [0.29, 0.717) is 29.4 Å². The molecular weight excluding hydrogens is 336 g/mol. The number of aliphatic hydroxyl groups is 1. The predicted molar refractivity (Wildman–Crippen MR) is 93.8 cm³/mol. The van der Waals surface area contributed by atoms with E-state index in [4.69, 9.17) is 18.9 Å². The molecule has 0 amide bonds. The second-order valence-corrected chi connectivity index (χ2v) is 6.93. The quantitative estimate of drug-likeness (QED) is 0.853. The second-order valence-electron chi connectivity index (χ2n) is 6.93. The lowest BCUT2D eigenvalue weighted by Gasteiger charge is -2.26. The molecule has 2 aliphatic rings. The molecule has 0 saturated carbocycles. The number of hydrogen-bond acceptors (Lipinski definition) is 6. The average molecular weight is 358 g/mol. The van der Waals surface area contributed by atoms with E-state index in [1.54, 1.807) is 6.07 Å². The normalized spacial score (nSPS) is 17.8. The predicted octanol–water partition coefficient (Wildman–Crippen LogP) is 3.40. The zero-order chi connectivity index (χ0) is 18.3. The van der Waals surface area contributed by atoms with Crippen LogP contribution in [0.2, 0.25) is 0 Å². The van der Waals surface area contributed by atoms with Crippen molar-refractivity contribution in [1.82, 2.24) is 0 Å². The number of hydrogen-bond donors (Lipinski definition) is 2. The maximum Gasteiger partial charge on any atom is 0.231 e. The van der Waals surface area contributed by atoms with Gasteiger partial charge in [-0.1, -0.05) is 19.9 Å². The van der Waals surface area contributed by atoms with Gasteiger partial charge in [-0.15, -0.1) is 0 Å². The minimum Gasteiger partial charge on any atom is -0.508 e. The zero-order valence-corrected chi connectivity index (χ0v) is 14.8. The lowest BCUT2D eigenvalue weighted by atomic mass is 9.83. The Morgan fingerprint density at radius 2 is 1.50 bits per heavy atom. The first kappa shape index (κ1) is 16.8. The van der Waals surface area contributed by atoms with Crippen molar-refractivity contribution < 1.29 is 29.2 Å². The summed E-state index contributed by atoms with van der Waals surface area (Å²) in [6.07, 6.45) is -0.0266. The number of benzene rings is 2. The summed E-state index contributed by atoms with van der Waals surface area (Å²) in [6, 6.07) is 8.91. The van der Waals surface area contributed by atoms with E-state index >= 15 is 0 Å². The molecule has 2 aliphatic heterocycles. The maximum atomic E-state index is 10.8. The van der Waals surface area contributed by atoms with Gasteiger partial charge in [0.15, 0.2) is 23.0 Å².